The monoisotopic (exact) mass is 258 g/mol. The van der Waals surface area contributed by atoms with E-state index in [1.807, 2.05) is 18.3 Å². The van der Waals surface area contributed by atoms with E-state index in [9.17, 15) is 0 Å². The Kier molecular flexibility index (Phi) is 3.08. The zero-order chi connectivity index (χ0) is 12.5. The van der Waals surface area contributed by atoms with Gasteiger partial charge in [-0.25, -0.2) is 0 Å². The fourth-order valence-electron chi connectivity index (χ4n) is 2.66. The lowest BCUT2D eigenvalue weighted by molar-refractivity contribution is 0.608. The van der Waals surface area contributed by atoms with Gasteiger partial charge in [-0.15, -0.1) is 11.3 Å². The van der Waals surface area contributed by atoms with E-state index in [0.29, 0.717) is 6.04 Å². The van der Waals surface area contributed by atoms with Gasteiger partial charge in [-0.05, 0) is 62.3 Å². The Morgan fingerprint density at radius 1 is 1.28 bits per heavy atom. The topological polar surface area (TPSA) is 24.9 Å². The molecule has 0 saturated carbocycles. The fourth-order valence-corrected chi connectivity index (χ4v) is 3.65. The zero-order valence-electron chi connectivity index (χ0n) is 10.9. The summed E-state index contributed by atoms with van der Waals surface area (Å²) in [5, 5.41) is 5.88. The van der Waals surface area contributed by atoms with Crippen molar-refractivity contribution in [2.75, 3.05) is 5.32 Å². The van der Waals surface area contributed by atoms with Gasteiger partial charge in [-0.2, -0.15) is 0 Å². The molecule has 2 aromatic heterocycles. The second-order valence-electron chi connectivity index (χ2n) is 4.97. The molecule has 1 N–H and O–H groups in total. The van der Waals surface area contributed by atoms with Crippen molar-refractivity contribution in [2.45, 2.75) is 39.2 Å². The quantitative estimate of drug-likeness (QED) is 0.871. The summed E-state index contributed by atoms with van der Waals surface area (Å²) in [5.41, 5.74) is 4.84. The molecule has 1 aliphatic rings. The number of hydrogen-bond donors (Lipinski definition) is 1. The van der Waals surface area contributed by atoms with Crippen LogP contribution in [0.2, 0.25) is 0 Å². The van der Waals surface area contributed by atoms with Crippen molar-refractivity contribution in [3.8, 4) is 0 Å². The molecule has 1 atom stereocenters. The third kappa shape index (κ3) is 2.15. The van der Waals surface area contributed by atoms with Crippen LogP contribution in [-0.4, -0.2) is 4.98 Å². The maximum atomic E-state index is 4.52. The molecule has 0 amide bonds. The van der Waals surface area contributed by atoms with Crippen molar-refractivity contribution < 1.29 is 0 Å². The number of nitrogens with one attached hydrogen (secondary N) is 1. The van der Waals surface area contributed by atoms with Crippen LogP contribution in [0.15, 0.2) is 23.6 Å². The summed E-state index contributed by atoms with van der Waals surface area (Å²) >= 11 is 1.89. The van der Waals surface area contributed by atoms with Gasteiger partial charge in [0.2, 0.25) is 0 Å². The normalized spacial score (nSPS) is 18.4. The molecule has 18 heavy (non-hydrogen) atoms. The molecule has 0 saturated heterocycles. The standard InChI is InChI=1S/C15H18N2S/c1-10-6-7-13(11(2)16-10)17-14-4-3-5-15-12(14)8-9-18-15/h6-9,14,17H,3-5H2,1-2H3. The van der Waals surface area contributed by atoms with Crippen LogP contribution in [0, 0.1) is 13.8 Å². The van der Waals surface area contributed by atoms with Gasteiger partial charge in [0.15, 0.2) is 0 Å². The Bertz CT molecular complexity index is 559. The third-order valence-corrected chi connectivity index (χ3v) is 4.60. The number of nitrogens with zero attached hydrogens (tertiary/aromatic N) is 1. The molecule has 94 valence electrons. The minimum Gasteiger partial charge on any atom is -0.377 e. The van der Waals surface area contributed by atoms with E-state index in [-0.39, 0.29) is 0 Å². The highest BCUT2D eigenvalue weighted by atomic mass is 32.1. The number of fused-ring (bicyclic) bond motifs is 1. The van der Waals surface area contributed by atoms with Crippen LogP contribution in [0.25, 0.3) is 0 Å². The van der Waals surface area contributed by atoms with Crippen LogP contribution < -0.4 is 5.32 Å². The second-order valence-corrected chi connectivity index (χ2v) is 5.97. The van der Waals surface area contributed by atoms with Gasteiger partial charge in [0.05, 0.1) is 17.4 Å². The molecule has 2 aromatic rings. The third-order valence-electron chi connectivity index (χ3n) is 3.61. The van der Waals surface area contributed by atoms with Crippen LogP contribution in [0.3, 0.4) is 0 Å². The maximum absolute atomic E-state index is 4.52. The van der Waals surface area contributed by atoms with Gasteiger partial charge in [-0.1, -0.05) is 0 Å². The van der Waals surface area contributed by atoms with Gasteiger partial charge < -0.3 is 5.32 Å². The SMILES string of the molecule is Cc1ccc(NC2CCCc3sccc32)c(C)n1. The predicted molar refractivity (Wildman–Crippen MR) is 77.3 cm³/mol. The molecule has 0 spiro atoms. The zero-order valence-corrected chi connectivity index (χ0v) is 11.7. The highest BCUT2D eigenvalue weighted by Crippen LogP contribution is 2.35. The maximum Gasteiger partial charge on any atom is 0.0607 e. The van der Waals surface area contributed by atoms with Gasteiger partial charge in [-0.3, -0.25) is 4.98 Å². The number of aromatic nitrogens is 1. The van der Waals surface area contributed by atoms with E-state index in [4.69, 9.17) is 0 Å². The summed E-state index contributed by atoms with van der Waals surface area (Å²) in [6.07, 6.45) is 3.75. The second kappa shape index (κ2) is 4.73. The first kappa shape index (κ1) is 11.7. The van der Waals surface area contributed by atoms with E-state index < -0.39 is 0 Å². The molecular formula is C15H18N2S. The fraction of sp³-hybridized carbons (Fsp3) is 0.400. The number of anilines is 1. The minimum atomic E-state index is 0.461. The molecule has 1 unspecified atom stereocenters. The molecule has 1 aliphatic carbocycles. The molecule has 0 aromatic carbocycles. The smallest absolute Gasteiger partial charge is 0.0607 e. The number of aryl methyl sites for hydroxylation is 3. The Morgan fingerprint density at radius 3 is 3.00 bits per heavy atom. The Labute approximate surface area is 112 Å². The summed E-state index contributed by atoms with van der Waals surface area (Å²) in [6, 6.07) is 6.96. The van der Waals surface area contributed by atoms with Gasteiger partial charge in [0, 0.05) is 10.6 Å². The van der Waals surface area contributed by atoms with Gasteiger partial charge in [0.25, 0.3) is 0 Å². The van der Waals surface area contributed by atoms with Gasteiger partial charge in [0.1, 0.15) is 0 Å². The molecule has 0 aliphatic heterocycles. The molecular weight excluding hydrogens is 240 g/mol. The number of pyridine rings is 1. The van der Waals surface area contributed by atoms with Crippen LogP contribution in [0.4, 0.5) is 5.69 Å². The average molecular weight is 258 g/mol. The number of thiophene rings is 1. The Balaban J connectivity index is 1.86. The van der Waals surface area contributed by atoms with Crippen molar-refractivity contribution in [2.24, 2.45) is 0 Å². The first-order valence-electron chi connectivity index (χ1n) is 6.51. The van der Waals surface area contributed by atoms with Crippen molar-refractivity contribution in [1.29, 1.82) is 0 Å². The molecule has 0 bridgehead atoms. The van der Waals surface area contributed by atoms with E-state index in [0.717, 1.165) is 11.4 Å². The highest BCUT2D eigenvalue weighted by molar-refractivity contribution is 7.10. The van der Waals surface area contributed by atoms with Crippen molar-refractivity contribution in [3.05, 3.63) is 45.4 Å². The van der Waals surface area contributed by atoms with Crippen LogP contribution in [0.5, 0.6) is 0 Å². The van der Waals surface area contributed by atoms with Crippen molar-refractivity contribution >= 4 is 17.0 Å². The van der Waals surface area contributed by atoms with E-state index in [1.165, 1.54) is 30.5 Å². The van der Waals surface area contributed by atoms with E-state index in [2.05, 4.69) is 40.8 Å². The lowest BCUT2D eigenvalue weighted by Crippen LogP contribution is -2.16. The highest BCUT2D eigenvalue weighted by Gasteiger charge is 2.21. The molecule has 2 nitrogen and oxygen atoms in total. The molecule has 2 heterocycles. The van der Waals surface area contributed by atoms with Crippen LogP contribution in [-0.2, 0) is 6.42 Å². The average Bonchev–Trinajstić information content (AvgIpc) is 2.82. The first-order chi connectivity index (χ1) is 8.74. The summed E-state index contributed by atoms with van der Waals surface area (Å²) in [6.45, 7) is 4.11. The van der Waals surface area contributed by atoms with Crippen molar-refractivity contribution in [1.82, 2.24) is 4.98 Å². The predicted octanol–water partition coefficient (Wildman–Crippen LogP) is 4.25. The van der Waals surface area contributed by atoms with E-state index >= 15 is 0 Å². The number of hydrogen-bond acceptors (Lipinski definition) is 3. The molecule has 0 fully saturated rings. The van der Waals surface area contributed by atoms with Crippen molar-refractivity contribution in [3.63, 3.8) is 0 Å². The van der Waals surface area contributed by atoms with Crippen LogP contribution >= 0.6 is 11.3 Å². The summed E-state index contributed by atoms with van der Waals surface area (Å²) in [7, 11) is 0. The van der Waals surface area contributed by atoms with Gasteiger partial charge >= 0.3 is 0 Å². The lowest BCUT2D eigenvalue weighted by atomic mass is 9.94. The Morgan fingerprint density at radius 2 is 2.17 bits per heavy atom. The summed E-state index contributed by atoms with van der Waals surface area (Å²) < 4.78 is 0. The molecule has 3 heteroatoms. The van der Waals surface area contributed by atoms with E-state index in [1.54, 1.807) is 4.88 Å². The first-order valence-corrected chi connectivity index (χ1v) is 7.39. The lowest BCUT2D eigenvalue weighted by Gasteiger charge is -2.25. The molecule has 0 radical (unpaired) electrons. The Hall–Kier alpha value is -1.35. The summed E-state index contributed by atoms with van der Waals surface area (Å²) in [4.78, 5) is 6.08. The largest absolute Gasteiger partial charge is 0.377 e. The number of rotatable bonds is 2. The minimum absolute atomic E-state index is 0.461. The molecule has 3 rings (SSSR count). The van der Waals surface area contributed by atoms with Crippen LogP contribution in [0.1, 0.15) is 40.7 Å². The summed E-state index contributed by atoms with van der Waals surface area (Å²) in [5.74, 6) is 0.